The summed E-state index contributed by atoms with van der Waals surface area (Å²) in [7, 11) is 0. The van der Waals surface area contributed by atoms with E-state index < -0.39 is 11.8 Å². The molecule has 0 bridgehead atoms. The number of carbonyl (C=O) groups excluding carboxylic acids is 3. The van der Waals surface area contributed by atoms with E-state index in [0.29, 0.717) is 30.9 Å². The second kappa shape index (κ2) is 11.2. The van der Waals surface area contributed by atoms with Gasteiger partial charge in [0.2, 0.25) is 5.91 Å². The van der Waals surface area contributed by atoms with E-state index in [0.717, 1.165) is 19.4 Å². The molecular weight excluding hydrogens is 310 g/mol. The first kappa shape index (κ1) is 19.6. The molecule has 132 valence electrons. The molecular formula is C17H25N3O4. The van der Waals surface area contributed by atoms with Crippen LogP contribution in [0.1, 0.15) is 33.1 Å². The molecule has 3 amide bonds. The highest BCUT2D eigenvalue weighted by atomic mass is 16.5. The van der Waals surface area contributed by atoms with Gasteiger partial charge in [-0.3, -0.25) is 14.4 Å². The van der Waals surface area contributed by atoms with Crippen molar-refractivity contribution in [3.05, 3.63) is 24.3 Å². The fraction of sp³-hybridized carbons (Fsp3) is 0.471. The summed E-state index contributed by atoms with van der Waals surface area (Å²) in [6, 6.07) is 6.50. The molecule has 0 aliphatic heterocycles. The van der Waals surface area contributed by atoms with Gasteiger partial charge in [0.05, 0.1) is 0 Å². The van der Waals surface area contributed by atoms with Crippen molar-refractivity contribution in [3.63, 3.8) is 0 Å². The van der Waals surface area contributed by atoms with Crippen LogP contribution in [0.5, 0.6) is 0 Å². The minimum atomic E-state index is -0.728. The molecule has 1 aromatic carbocycles. The Labute approximate surface area is 142 Å². The van der Waals surface area contributed by atoms with Gasteiger partial charge in [-0.1, -0.05) is 13.3 Å². The summed E-state index contributed by atoms with van der Waals surface area (Å²) in [5, 5.41) is 7.66. The number of rotatable bonds is 9. The van der Waals surface area contributed by atoms with Gasteiger partial charge in [-0.25, -0.2) is 0 Å². The topological polar surface area (TPSA) is 96.5 Å². The highest BCUT2D eigenvalue weighted by Gasteiger charge is 2.12. The summed E-state index contributed by atoms with van der Waals surface area (Å²) in [4.78, 5) is 34.4. The number of hydrogen-bond donors (Lipinski definition) is 3. The Morgan fingerprint density at radius 3 is 2.08 bits per heavy atom. The maximum absolute atomic E-state index is 11.8. The molecule has 0 aliphatic carbocycles. The Bertz CT molecular complexity index is 543. The van der Waals surface area contributed by atoms with Crippen molar-refractivity contribution < 1.29 is 19.1 Å². The molecule has 0 spiro atoms. The zero-order valence-electron chi connectivity index (χ0n) is 14.2. The predicted molar refractivity (Wildman–Crippen MR) is 92.7 cm³/mol. The third-order valence-corrected chi connectivity index (χ3v) is 3.06. The van der Waals surface area contributed by atoms with E-state index in [1.165, 1.54) is 6.92 Å². The maximum Gasteiger partial charge on any atom is 0.313 e. The number of carbonyl (C=O) groups is 3. The maximum atomic E-state index is 11.8. The molecule has 0 atom stereocenters. The van der Waals surface area contributed by atoms with E-state index in [2.05, 4.69) is 22.9 Å². The Morgan fingerprint density at radius 2 is 1.50 bits per heavy atom. The van der Waals surface area contributed by atoms with Crippen molar-refractivity contribution in [2.45, 2.75) is 33.1 Å². The van der Waals surface area contributed by atoms with E-state index in [9.17, 15) is 14.4 Å². The van der Waals surface area contributed by atoms with Crippen LogP contribution in [0.25, 0.3) is 0 Å². The zero-order chi connectivity index (χ0) is 17.8. The summed E-state index contributed by atoms with van der Waals surface area (Å²) in [6.07, 6.45) is 2.77. The van der Waals surface area contributed by atoms with Gasteiger partial charge in [-0.15, -0.1) is 0 Å². The summed E-state index contributed by atoms with van der Waals surface area (Å²) >= 11 is 0. The predicted octanol–water partition coefficient (Wildman–Crippen LogP) is 1.91. The third kappa shape index (κ3) is 8.28. The van der Waals surface area contributed by atoms with Crippen molar-refractivity contribution in [1.29, 1.82) is 0 Å². The lowest BCUT2D eigenvalue weighted by Crippen LogP contribution is -2.36. The number of ether oxygens (including phenoxy) is 1. The van der Waals surface area contributed by atoms with Gasteiger partial charge in [0.1, 0.15) is 0 Å². The molecule has 1 aromatic rings. The van der Waals surface area contributed by atoms with Crippen LogP contribution in [0.3, 0.4) is 0 Å². The SMILES string of the molecule is CCCCOCCCNC(=O)C(=O)Nc1ccc(NC(C)=O)cc1. The molecule has 0 aliphatic rings. The van der Waals surface area contributed by atoms with E-state index in [-0.39, 0.29) is 5.91 Å². The molecule has 7 nitrogen and oxygen atoms in total. The van der Waals surface area contributed by atoms with E-state index >= 15 is 0 Å². The van der Waals surface area contributed by atoms with Crippen LogP contribution < -0.4 is 16.0 Å². The molecule has 0 unspecified atom stereocenters. The molecule has 0 aromatic heterocycles. The average molecular weight is 335 g/mol. The van der Waals surface area contributed by atoms with Crippen LogP contribution in [0.4, 0.5) is 11.4 Å². The molecule has 24 heavy (non-hydrogen) atoms. The van der Waals surface area contributed by atoms with Gasteiger partial charge in [0, 0.05) is 38.1 Å². The number of benzene rings is 1. The fourth-order valence-electron chi connectivity index (χ4n) is 1.83. The van der Waals surface area contributed by atoms with E-state index in [4.69, 9.17) is 4.74 Å². The van der Waals surface area contributed by atoms with Crippen molar-refractivity contribution in [2.24, 2.45) is 0 Å². The van der Waals surface area contributed by atoms with E-state index in [1.54, 1.807) is 24.3 Å². The van der Waals surface area contributed by atoms with Crippen molar-refractivity contribution in [1.82, 2.24) is 5.32 Å². The largest absolute Gasteiger partial charge is 0.381 e. The highest BCUT2D eigenvalue weighted by Crippen LogP contribution is 2.13. The monoisotopic (exact) mass is 335 g/mol. The lowest BCUT2D eigenvalue weighted by molar-refractivity contribution is -0.136. The van der Waals surface area contributed by atoms with Gasteiger partial charge < -0.3 is 20.7 Å². The van der Waals surface area contributed by atoms with Gasteiger partial charge in [-0.05, 0) is 37.1 Å². The Morgan fingerprint density at radius 1 is 0.917 bits per heavy atom. The molecule has 0 radical (unpaired) electrons. The van der Waals surface area contributed by atoms with Crippen LogP contribution >= 0.6 is 0 Å². The molecule has 0 saturated heterocycles. The molecule has 0 heterocycles. The number of unbranched alkanes of at least 4 members (excludes halogenated alkanes) is 1. The molecule has 0 saturated carbocycles. The first-order valence-corrected chi connectivity index (χ1v) is 8.07. The number of hydrogen-bond acceptors (Lipinski definition) is 4. The quantitative estimate of drug-likeness (QED) is 0.474. The standard InChI is InChI=1S/C17H25N3O4/c1-3-4-11-24-12-5-10-18-16(22)17(23)20-15-8-6-14(7-9-15)19-13(2)21/h6-9H,3-5,10-12H2,1-2H3,(H,18,22)(H,19,21)(H,20,23). The van der Waals surface area contributed by atoms with Crippen LogP contribution in [0, 0.1) is 0 Å². The number of nitrogens with one attached hydrogen (secondary N) is 3. The molecule has 0 fully saturated rings. The van der Waals surface area contributed by atoms with Gasteiger partial charge in [0.25, 0.3) is 0 Å². The Hall–Kier alpha value is -2.41. The van der Waals surface area contributed by atoms with Crippen molar-refractivity contribution >= 4 is 29.1 Å². The Balaban J connectivity index is 2.26. The number of anilines is 2. The van der Waals surface area contributed by atoms with Crippen molar-refractivity contribution in [3.8, 4) is 0 Å². The second-order valence-electron chi connectivity index (χ2n) is 5.29. The van der Waals surface area contributed by atoms with Gasteiger partial charge in [0.15, 0.2) is 0 Å². The smallest absolute Gasteiger partial charge is 0.313 e. The molecule has 1 rings (SSSR count). The van der Waals surface area contributed by atoms with E-state index in [1.807, 2.05) is 0 Å². The lowest BCUT2D eigenvalue weighted by atomic mass is 10.2. The minimum absolute atomic E-state index is 0.176. The summed E-state index contributed by atoms with van der Waals surface area (Å²) in [6.45, 7) is 5.18. The molecule has 3 N–H and O–H groups in total. The number of amides is 3. The van der Waals surface area contributed by atoms with Gasteiger partial charge in [-0.2, -0.15) is 0 Å². The van der Waals surface area contributed by atoms with Crippen LogP contribution in [0.2, 0.25) is 0 Å². The first-order valence-electron chi connectivity index (χ1n) is 8.07. The summed E-state index contributed by atoms with van der Waals surface area (Å²) in [5.41, 5.74) is 1.10. The molecule has 7 heteroatoms. The van der Waals surface area contributed by atoms with Crippen LogP contribution in [0.15, 0.2) is 24.3 Å². The summed E-state index contributed by atoms with van der Waals surface area (Å²) in [5.74, 6) is -1.59. The average Bonchev–Trinajstić information content (AvgIpc) is 2.55. The minimum Gasteiger partial charge on any atom is -0.381 e. The lowest BCUT2D eigenvalue weighted by Gasteiger charge is -2.08. The van der Waals surface area contributed by atoms with Gasteiger partial charge >= 0.3 is 11.8 Å². The van der Waals surface area contributed by atoms with Crippen LogP contribution in [-0.4, -0.2) is 37.5 Å². The van der Waals surface area contributed by atoms with Crippen LogP contribution in [-0.2, 0) is 19.1 Å². The third-order valence-electron chi connectivity index (χ3n) is 3.06. The zero-order valence-corrected chi connectivity index (χ0v) is 14.2. The normalized spacial score (nSPS) is 10.1. The summed E-state index contributed by atoms with van der Waals surface area (Å²) < 4.78 is 5.37. The fourth-order valence-corrected chi connectivity index (χ4v) is 1.83. The Kier molecular flexibility index (Phi) is 9.14. The highest BCUT2D eigenvalue weighted by molar-refractivity contribution is 6.39. The van der Waals surface area contributed by atoms with Crippen molar-refractivity contribution in [2.75, 3.05) is 30.4 Å². The second-order valence-corrected chi connectivity index (χ2v) is 5.29. The first-order chi connectivity index (χ1) is 11.5.